The van der Waals surface area contributed by atoms with E-state index < -0.39 is 0 Å². The van der Waals surface area contributed by atoms with E-state index in [1.807, 2.05) is 24.3 Å². The second-order valence-electron chi connectivity index (χ2n) is 2.72. The number of fused-ring (bicyclic) bond motifs is 1. The van der Waals surface area contributed by atoms with Gasteiger partial charge in [-0.1, -0.05) is 18.7 Å². The third kappa shape index (κ3) is 1.34. The average Bonchev–Trinajstić information content (AvgIpc) is 2.58. The Morgan fingerprint density at radius 1 is 1.38 bits per heavy atom. The molecule has 0 aliphatic heterocycles. The summed E-state index contributed by atoms with van der Waals surface area (Å²) in [6, 6.07) is 9.92. The zero-order chi connectivity index (χ0) is 9.26. The first-order valence-corrected chi connectivity index (χ1v) is 4.71. The van der Waals surface area contributed by atoms with Gasteiger partial charge in [0.1, 0.15) is 0 Å². The smallest absolute Gasteiger partial charge is 0.0992 e. The predicted molar refractivity (Wildman–Crippen MR) is 56.6 cm³/mol. The quantitative estimate of drug-likeness (QED) is 0.667. The van der Waals surface area contributed by atoms with Crippen molar-refractivity contribution in [3.63, 3.8) is 0 Å². The number of hydrogen-bond acceptors (Lipinski definition) is 2. The second kappa shape index (κ2) is 3.04. The van der Waals surface area contributed by atoms with Gasteiger partial charge in [0.25, 0.3) is 0 Å². The molecular formula is C11H7NS. The molecule has 2 rings (SSSR count). The lowest BCUT2D eigenvalue weighted by Crippen LogP contribution is -1.69. The summed E-state index contributed by atoms with van der Waals surface area (Å²) in [6.45, 7) is 3.71. The molecule has 0 saturated heterocycles. The van der Waals surface area contributed by atoms with E-state index in [2.05, 4.69) is 18.7 Å². The SMILES string of the molecule is C=Cc1cc2ccc(C#N)cc2s1. The van der Waals surface area contributed by atoms with Crippen molar-refractivity contribution in [2.75, 3.05) is 0 Å². The first kappa shape index (κ1) is 8.03. The van der Waals surface area contributed by atoms with E-state index >= 15 is 0 Å². The first-order chi connectivity index (χ1) is 6.33. The van der Waals surface area contributed by atoms with Gasteiger partial charge < -0.3 is 0 Å². The molecule has 2 heteroatoms. The van der Waals surface area contributed by atoms with E-state index in [4.69, 9.17) is 5.26 Å². The molecule has 0 atom stereocenters. The Bertz CT molecular complexity index is 502. The zero-order valence-electron chi connectivity index (χ0n) is 6.95. The van der Waals surface area contributed by atoms with Crippen molar-refractivity contribution in [3.05, 3.63) is 41.3 Å². The molecule has 0 radical (unpaired) electrons. The highest BCUT2D eigenvalue weighted by atomic mass is 32.1. The Morgan fingerprint density at radius 3 is 2.92 bits per heavy atom. The molecule has 0 aliphatic carbocycles. The predicted octanol–water partition coefficient (Wildman–Crippen LogP) is 3.42. The molecule has 0 spiro atoms. The monoisotopic (exact) mass is 185 g/mol. The second-order valence-corrected chi connectivity index (χ2v) is 3.83. The van der Waals surface area contributed by atoms with Gasteiger partial charge in [-0.15, -0.1) is 11.3 Å². The summed E-state index contributed by atoms with van der Waals surface area (Å²) in [4.78, 5) is 1.14. The summed E-state index contributed by atoms with van der Waals surface area (Å²) in [6.07, 6.45) is 1.83. The van der Waals surface area contributed by atoms with Crippen LogP contribution >= 0.6 is 11.3 Å². The van der Waals surface area contributed by atoms with Gasteiger partial charge in [0.15, 0.2) is 0 Å². The van der Waals surface area contributed by atoms with E-state index in [-0.39, 0.29) is 0 Å². The average molecular weight is 185 g/mol. The number of rotatable bonds is 1. The molecule has 1 nitrogen and oxygen atoms in total. The minimum absolute atomic E-state index is 0.713. The highest BCUT2D eigenvalue weighted by molar-refractivity contribution is 7.19. The van der Waals surface area contributed by atoms with Crippen molar-refractivity contribution < 1.29 is 0 Å². The standard InChI is InChI=1S/C11H7NS/c1-2-10-6-9-4-3-8(7-12)5-11(9)13-10/h2-6H,1H2. The number of thiophene rings is 1. The van der Waals surface area contributed by atoms with Crippen LogP contribution in [0, 0.1) is 11.3 Å². The van der Waals surface area contributed by atoms with Gasteiger partial charge in [0, 0.05) is 9.58 Å². The van der Waals surface area contributed by atoms with Crippen LogP contribution in [-0.2, 0) is 0 Å². The Morgan fingerprint density at radius 2 is 2.23 bits per heavy atom. The van der Waals surface area contributed by atoms with Crippen LogP contribution in [0.2, 0.25) is 0 Å². The zero-order valence-corrected chi connectivity index (χ0v) is 7.77. The molecule has 13 heavy (non-hydrogen) atoms. The molecule has 0 bridgehead atoms. The van der Waals surface area contributed by atoms with Crippen LogP contribution in [0.3, 0.4) is 0 Å². The highest BCUT2D eigenvalue weighted by Gasteiger charge is 1.99. The number of hydrogen-bond donors (Lipinski definition) is 0. The lowest BCUT2D eigenvalue weighted by Gasteiger charge is -1.87. The van der Waals surface area contributed by atoms with E-state index in [0.717, 1.165) is 9.58 Å². The van der Waals surface area contributed by atoms with E-state index in [0.29, 0.717) is 5.56 Å². The van der Waals surface area contributed by atoms with Gasteiger partial charge in [-0.3, -0.25) is 0 Å². The third-order valence-corrected chi connectivity index (χ3v) is 2.96. The van der Waals surface area contributed by atoms with Gasteiger partial charge in [0.2, 0.25) is 0 Å². The fourth-order valence-corrected chi connectivity index (χ4v) is 2.18. The van der Waals surface area contributed by atoms with Crippen molar-refractivity contribution in [2.24, 2.45) is 0 Å². The lowest BCUT2D eigenvalue weighted by molar-refractivity contribution is 1.50. The maximum Gasteiger partial charge on any atom is 0.0992 e. The topological polar surface area (TPSA) is 23.8 Å². The Labute approximate surface area is 80.6 Å². The molecule has 0 aliphatic rings. The van der Waals surface area contributed by atoms with Crippen LogP contribution in [0.15, 0.2) is 30.8 Å². The van der Waals surface area contributed by atoms with E-state index in [9.17, 15) is 0 Å². The Hall–Kier alpha value is -1.59. The van der Waals surface area contributed by atoms with Crippen molar-refractivity contribution in [1.82, 2.24) is 0 Å². The van der Waals surface area contributed by atoms with Crippen LogP contribution in [0.4, 0.5) is 0 Å². The normalized spacial score (nSPS) is 9.77. The van der Waals surface area contributed by atoms with Crippen molar-refractivity contribution >= 4 is 27.5 Å². The van der Waals surface area contributed by atoms with Gasteiger partial charge in [-0.25, -0.2) is 0 Å². The molecule has 62 valence electrons. The van der Waals surface area contributed by atoms with Gasteiger partial charge in [-0.05, 0) is 23.6 Å². The minimum Gasteiger partial charge on any atom is -0.192 e. The summed E-state index contributed by atoms with van der Waals surface area (Å²) < 4.78 is 1.15. The third-order valence-electron chi connectivity index (χ3n) is 1.87. The molecule has 0 saturated carbocycles. The molecule has 1 aromatic carbocycles. The fourth-order valence-electron chi connectivity index (χ4n) is 1.22. The molecular weight excluding hydrogens is 178 g/mol. The first-order valence-electron chi connectivity index (χ1n) is 3.89. The fraction of sp³-hybridized carbons (Fsp3) is 0. The highest BCUT2D eigenvalue weighted by Crippen LogP contribution is 2.26. The summed E-state index contributed by atoms with van der Waals surface area (Å²) in [5.41, 5.74) is 0.713. The van der Waals surface area contributed by atoms with Crippen LogP contribution in [0.1, 0.15) is 10.4 Å². The number of nitriles is 1. The minimum atomic E-state index is 0.713. The summed E-state index contributed by atoms with van der Waals surface area (Å²) >= 11 is 1.66. The van der Waals surface area contributed by atoms with Crippen LogP contribution in [0.5, 0.6) is 0 Å². The molecule has 1 heterocycles. The molecule has 0 amide bonds. The largest absolute Gasteiger partial charge is 0.192 e. The molecule has 1 aromatic heterocycles. The molecule has 0 N–H and O–H groups in total. The van der Waals surface area contributed by atoms with Crippen LogP contribution in [0.25, 0.3) is 16.2 Å². The molecule has 0 fully saturated rings. The van der Waals surface area contributed by atoms with Crippen LogP contribution < -0.4 is 0 Å². The lowest BCUT2D eigenvalue weighted by atomic mass is 10.2. The summed E-state index contributed by atoms with van der Waals surface area (Å²) in [7, 11) is 0. The maximum atomic E-state index is 8.70. The van der Waals surface area contributed by atoms with Crippen molar-refractivity contribution in [3.8, 4) is 6.07 Å². The number of benzene rings is 1. The number of nitrogens with zero attached hydrogens (tertiary/aromatic N) is 1. The van der Waals surface area contributed by atoms with Crippen molar-refractivity contribution in [1.29, 1.82) is 5.26 Å². The summed E-state index contributed by atoms with van der Waals surface area (Å²) in [5.74, 6) is 0. The van der Waals surface area contributed by atoms with Crippen LogP contribution in [-0.4, -0.2) is 0 Å². The van der Waals surface area contributed by atoms with Gasteiger partial charge >= 0.3 is 0 Å². The van der Waals surface area contributed by atoms with E-state index in [1.165, 1.54) is 5.39 Å². The summed E-state index contributed by atoms with van der Waals surface area (Å²) in [5, 5.41) is 9.88. The van der Waals surface area contributed by atoms with E-state index in [1.54, 1.807) is 11.3 Å². The molecule has 0 unspecified atom stereocenters. The maximum absolute atomic E-state index is 8.70. The van der Waals surface area contributed by atoms with Crippen molar-refractivity contribution in [2.45, 2.75) is 0 Å². The Kier molecular flexibility index (Phi) is 1.88. The van der Waals surface area contributed by atoms with Gasteiger partial charge in [0.05, 0.1) is 11.6 Å². The van der Waals surface area contributed by atoms with Gasteiger partial charge in [-0.2, -0.15) is 5.26 Å². The Balaban J connectivity index is 2.72. The molecule has 2 aromatic rings.